The predicted octanol–water partition coefficient (Wildman–Crippen LogP) is -0.311. The second kappa shape index (κ2) is 5.21. The Kier molecular flexibility index (Phi) is 3.48. The van der Waals surface area contributed by atoms with Gasteiger partial charge in [0.05, 0.1) is 12.9 Å². The lowest BCUT2D eigenvalue weighted by Gasteiger charge is -2.24. The Morgan fingerprint density at radius 1 is 1.50 bits per heavy atom. The van der Waals surface area contributed by atoms with Gasteiger partial charge in [0, 0.05) is 5.92 Å². The van der Waals surface area contributed by atoms with Gasteiger partial charge in [-0.15, -0.1) is 6.42 Å². The summed E-state index contributed by atoms with van der Waals surface area (Å²) in [7, 11) is 0. The molecule has 0 aliphatic carbocycles. The van der Waals surface area contributed by atoms with Gasteiger partial charge in [0.25, 0.3) is 0 Å². The molecule has 8 nitrogen and oxygen atoms in total. The van der Waals surface area contributed by atoms with Gasteiger partial charge in [-0.05, 0) is 6.42 Å². The zero-order chi connectivity index (χ0) is 15.9. The lowest BCUT2D eigenvalue weighted by atomic mass is 9.89. The Labute approximate surface area is 127 Å². The minimum Gasteiger partial charge on any atom is -0.392 e. The van der Waals surface area contributed by atoms with E-state index < -0.39 is 24.5 Å². The first kappa shape index (κ1) is 14.7. The van der Waals surface area contributed by atoms with E-state index in [2.05, 4.69) is 20.9 Å². The van der Waals surface area contributed by atoms with Crippen LogP contribution < -0.4 is 5.73 Å². The van der Waals surface area contributed by atoms with E-state index in [-0.39, 0.29) is 11.7 Å². The van der Waals surface area contributed by atoms with Crippen molar-refractivity contribution in [3.05, 3.63) is 12.7 Å². The first-order chi connectivity index (χ1) is 10.6. The van der Waals surface area contributed by atoms with E-state index in [1.807, 2.05) is 6.92 Å². The number of aliphatic hydroxyl groups excluding tert-OH is 2. The fraction of sp³-hybridized carbons (Fsp3) is 0.500. The Hall–Kier alpha value is -2.21. The molecule has 4 atom stereocenters. The molecule has 0 saturated carbocycles. The minimum atomic E-state index is -1.43. The van der Waals surface area contributed by atoms with Crippen molar-refractivity contribution >= 4 is 17.0 Å². The molecule has 3 rings (SSSR count). The second-order valence-electron chi connectivity index (χ2n) is 5.30. The van der Waals surface area contributed by atoms with Gasteiger partial charge in [-0.1, -0.05) is 12.8 Å². The summed E-state index contributed by atoms with van der Waals surface area (Å²) in [5.74, 6) is 2.34. The molecule has 4 N–H and O–H groups in total. The van der Waals surface area contributed by atoms with Crippen LogP contribution in [-0.2, 0) is 4.74 Å². The van der Waals surface area contributed by atoms with Crippen LogP contribution >= 0.6 is 0 Å². The quantitative estimate of drug-likeness (QED) is 0.665. The number of ether oxygens (including phenoxy) is 1. The molecule has 1 fully saturated rings. The lowest BCUT2D eigenvalue weighted by molar-refractivity contribution is -0.0898. The highest BCUT2D eigenvalue weighted by Crippen LogP contribution is 2.43. The highest BCUT2D eigenvalue weighted by atomic mass is 16.6. The van der Waals surface area contributed by atoms with E-state index in [1.54, 1.807) is 4.57 Å². The number of nitrogens with zero attached hydrogens (tertiary/aromatic N) is 4. The second-order valence-corrected chi connectivity index (χ2v) is 5.30. The smallest absolute Gasteiger partial charge is 0.179 e. The van der Waals surface area contributed by atoms with Crippen molar-refractivity contribution in [2.45, 2.75) is 31.3 Å². The largest absolute Gasteiger partial charge is 0.392 e. The zero-order valence-corrected chi connectivity index (χ0v) is 12.0. The molecular weight excluding hydrogens is 286 g/mol. The highest BCUT2D eigenvalue weighted by Gasteiger charge is 2.53. The van der Waals surface area contributed by atoms with Crippen LogP contribution in [0.2, 0.25) is 0 Å². The van der Waals surface area contributed by atoms with E-state index in [9.17, 15) is 10.2 Å². The summed E-state index contributed by atoms with van der Waals surface area (Å²) in [5, 5.41) is 20.1. The number of terminal acetylenes is 1. The number of aliphatic hydroxyl groups is 2. The average Bonchev–Trinajstić information content (AvgIpc) is 3.07. The summed E-state index contributed by atoms with van der Waals surface area (Å²) < 4.78 is 7.51. The van der Waals surface area contributed by atoms with Crippen LogP contribution in [0.5, 0.6) is 0 Å². The molecule has 0 unspecified atom stereocenters. The number of nitrogens with two attached hydrogens (primary N) is 1. The molecule has 22 heavy (non-hydrogen) atoms. The van der Waals surface area contributed by atoms with Crippen molar-refractivity contribution in [2.75, 3.05) is 12.3 Å². The first-order valence-corrected chi connectivity index (χ1v) is 6.95. The van der Waals surface area contributed by atoms with Gasteiger partial charge in [-0.2, -0.15) is 0 Å². The van der Waals surface area contributed by atoms with Gasteiger partial charge in [-0.3, -0.25) is 4.57 Å². The summed E-state index contributed by atoms with van der Waals surface area (Å²) >= 11 is 0. The number of hydrogen-bond acceptors (Lipinski definition) is 7. The van der Waals surface area contributed by atoms with Gasteiger partial charge < -0.3 is 20.7 Å². The van der Waals surface area contributed by atoms with Crippen molar-refractivity contribution < 1.29 is 14.9 Å². The van der Waals surface area contributed by atoms with Crippen LogP contribution in [0.1, 0.15) is 19.6 Å². The molecule has 1 saturated heterocycles. The maximum atomic E-state index is 10.5. The van der Waals surface area contributed by atoms with Crippen LogP contribution in [0.3, 0.4) is 0 Å². The van der Waals surface area contributed by atoms with Crippen LogP contribution in [0.4, 0.5) is 5.82 Å². The molecule has 1 aliphatic heterocycles. The number of hydrogen-bond donors (Lipinski definition) is 3. The molecule has 0 amide bonds. The number of anilines is 1. The molecule has 0 radical (unpaired) electrons. The highest BCUT2D eigenvalue weighted by molar-refractivity contribution is 5.81. The molecular formula is C14H17N5O3. The third-order valence-corrected chi connectivity index (χ3v) is 4.19. The molecule has 1 aliphatic rings. The summed E-state index contributed by atoms with van der Waals surface area (Å²) in [6.07, 6.45) is 7.36. The fourth-order valence-corrected chi connectivity index (χ4v) is 2.91. The normalized spacial score (nSPS) is 31.5. The fourth-order valence-electron chi connectivity index (χ4n) is 2.91. The van der Waals surface area contributed by atoms with E-state index in [1.165, 1.54) is 12.7 Å². The predicted molar refractivity (Wildman–Crippen MR) is 78.3 cm³/mol. The first-order valence-electron chi connectivity index (χ1n) is 6.95. The standard InChI is InChI=1S/C14H17N5O3/c1-3-8-10(21)14(4-2,5-20)22-13(8)19-7-18-9-11(15)16-6-17-12(9)19/h2,6-8,10,13,20-21H,3,5H2,1H3,(H2,15,16,17)/t8-,10-,13+,14+/m0/s1. The van der Waals surface area contributed by atoms with Crippen LogP contribution in [0, 0.1) is 18.3 Å². The van der Waals surface area contributed by atoms with E-state index >= 15 is 0 Å². The van der Waals surface area contributed by atoms with Gasteiger partial charge in [0.15, 0.2) is 17.1 Å². The zero-order valence-electron chi connectivity index (χ0n) is 12.0. The van der Waals surface area contributed by atoms with Crippen molar-refractivity contribution in [1.29, 1.82) is 0 Å². The van der Waals surface area contributed by atoms with E-state index in [0.29, 0.717) is 17.6 Å². The lowest BCUT2D eigenvalue weighted by Crippen LogP contribution is -2.43. The molecule has 0 spiro atoms. The Morgan fingerprint density at radius 3 is 2.91 bits per heavy atom. The number of aromatic nitrogens is 4. The molecule has 8 heteroatoms. The summed E-state index contributed by atoms with van der Waals surface area (Å²) in [5.41, 5.74) is 5.30. The molecule has 3 heterocycles. The topological polar surface area (TPSA) is 119 Å². The molecule has 0 bridgehead atoms. The van der Waals surface area contributed by atoms with Crippen molar-refractivity contribution in [3.63, 3.8) is 0 Å². The SMILES string of the molecule is C#C[C@]1(CO)O[C@@H](n2cnc3c(N)ncnc32)[C@@H](CC)[C@@H]1O. The maximum Gasteiger partial charge on any atom is 0.179 e. The Balaban J connectivity index is 2.10. The number of rotatable bonds is 3. The third kappa shape index (κ3) is 1.87. The van der Waals surface area contributed by atoms with E-state index in [0.717, 1.165) is 0 Å². The molecule has 2 aromatic rings. The summed E-state index contributed by atoms with van der Waals surface area (Å²) in [4.78, 5) is 12.3. The summed E-state index contributed by atoms with van der Waals surface area (Å²) in [6.45, 7) is 1.44. The van der Waals surface area contributed by atoms with Gasteiger partial charge in [0.1, 0.15) is 24.2 Å². The van der Waals surface area contributed by atoms with Crippen LogP contribution in [0.25, 0.3) is 11.2 Å². The monoisotopic (exact) mass is 303 g/mol. The minimum absolute atomic E-state index is 0.265. The van der Waals surface area contributed by atoms with Gasteiger partial charge >= 0.3 is 0 Å². The molecule has 2 aromatic heterocycles. The molecule has 116 valence electrons. The van der Waals surface area contributed by atoms with Gasteiger partial charge in [-0.25, -0.2) is 15.0 Å². The maximum absolute atomic E-state index is 10.5. The number of nitrogen functional groups attached to an aromatic ring is 1. The number of fused-ring (bicyclic) bond motifs is 1. The van der Waals surface area contributed by atoms with Crippen molar-refractivity contribution in [1.82, 2.24) is 19.5 Å². The molecule has 0 aromatic carbocycles. The van der Waals surface area contributed by atoms with Crippen LogP contribution in [-0.4, -0.2) is 48.0 Å². The Bertz CT molecular complexity index is 740. The third-order valence-electron chi connectivity index (χ3n) is 4.19. The Morgan fingerprint density at radius 2 is 2.27 bits per heavy atom. The van der Waals surface area contributed by atoms with Crippen molar-refractivity contribution in [3.8, 4) is 12.3 Å². The average molecular weight is 303 g/mol. The summed E-state index contributed by atoms with van der Waals surface area (Å²) in [6, 6.07) is 0. The van der Waals surface area contributed by atoms with Gasteiger partial charge in [0.2, 0.25) is 0 Å². The number of imidazole rings is 1. The van der Waals surface area contributed by atoms with Crippen LogP contribution in [0.15, 0.2) is 12.7 Å². The van der Waals surface area contributed by atoms with Crippen molar-refractivity contribution in [2.24, 2.45) is 5.92 Å². The van der Waals surface area contributed by atoms with E-state index in [4.69, 9.17) is 16.9 Å².